The monoisotopic (exact) mass is 373 g/mol. The summed E-state index contributed by atoms with van der Waals surface area (Å²) in [6.45, 7) is 0.264. The summed E-state index contributed by atoms with van der Waals surface area (Å²) in [5.74, 6) is 1.70. The molecular formula is C17H16ClN5OS. The third-order valence-electron chi connectivity index (χ3n) is 3.39. The zero-order valence-electron chi connectivity index (χ0n) is 13.3. The number of hydrogen-bond donors (Lipinski definition) is 1. The van der Waals surface area contributed by atoms with Crippen LogP contribution in [-0.4, -0.2) is 31.9 Å². The van der Waals surface area contributed by atoms with Crippen molar-refractivity contribution in [1.29, 1.82) is 0 Å². The SMILES string of the molecule is O=C(CSCc1ccccc1)NCc1nnnn1-c1ccc(Cl)cc1. The molecule has 8 heteroatoms. The number of carbonyl (C=O) groups is 1. The van der Waals surface area contributed by atoms with Crippen LogP contribution in [0, 0.1) is 0 Å². The lowest BCUT2D eigenvalue weighted by Crippen LogP contribution is -2.26. The van der Waals surface area contributed by atoms with Gasteiger partial charge in [0.15, 0.2) is 5.82 Å². The lowest BCUT2D eigenvalue weighted by molar-refractivity contribution is -0.118. The van der Waals surface area contributed by atoms with Crippen LogP contribution in [0.5, 0.6) is 0 Å². The van der Waals surface area contributed by atoms with Gasteiger partial charge in [0.2, 0.25) is 5.91 Å². The van der Waals surface area contributed by atoms with Crippen molar-refractivity contribution >= 4 is 29.3 Å². The summed E-state index contributed by atoms with van der Waals surface area (Å²) in [6.07, 6.45) is 0. The normalized spacial score (nSPS) is 10.6. The number of halogens is 1. The fraction of sp³-hybridized carbons (Fsp3) is 0.176. The zero-order chi connectivity index (χ0) is 17.5. The van der Waals surface area contributed by atoms with Gasteiger partial charge in [-0.2, -0.15) is 4.68 Å². The first-order valence-corrected chi connectivity index (χ1v) is 9.17. The fourth-order valence-corrected chi connectivity index (χ4v) is 3.11. The van der Waals surface area contributed by atoms with Crippen LogP contribution in [0.1, 0.15) is 11.4 Å². The van der Waals surface area contributed by atoms with E-state index in [1.807, 2.05) is 42.5 Å². The summed E-state index contributed by atoms with van der Waals surface area (Å²) in [5.41, 5.74) is 1.99. The number of thioether (sulfide) groups is 1. The molecule has 2 aromatic carbocycles. The highest BCUT2D eigenvalue weighted by Gasteiger charge is 2.10. The van der Waals surface area contributed by atoms with E-state index in [4.69, 9.17) is 11.6 Å². The highest BCUT2D eigenvalue weighted by Crippen LogP contribution is 2.14. The molecule has 3 aromatic rings. The first-order valence-electron chi connectivity index (χ1n) is 7.64. The maximum Gasteiger partial charge on any atom is 0.230 e. The topological polar surface area (TPSA) is 72.7 Å². The number of hydrogen-bond acceptors (Lipinski definition) is 5. The van der Waals surface area contributed by atoms with Crippen LogP contribution >= 0.6 is 23.4 Å². The van der Waals surface area contributed by atoms with Gasteiger partial charge >= 0.3 is 0 Å². The standard InChI is InChI=1S/C17H16ClN5OS/c18-14-6-8-15(9-7-14)23-16(20-21-22-23)10-19-17(24)12-25-11-13-4-2-1-3-5-13/h1-9H,10-12H2,(H,19,24). The third-order valence-corrected chi connectivity index (χ3v) is 4.65. The minimum Gasteiger partial charge on any atom is -0.348 e. The largest absolute Gasteiger partial charge is 0.348 e. The predicted molar refractivity (Wildman–Crippen MR) is 98.6 cm³/mol. The molecule has 6 nitrogen and oxygen atoms in total. The van der Waals surface area contributed by atoms with E-state index in [2.05, 4.69) is 20.8 Å². The van der Waals surface area contributed by atoms with Gasteiger partial charge in [-0.3, -0.25) is 4.79 Å². The Balaban J connectivity index is 1.49. The summed E-state index contributed by atoms with van der Waals surface area (Å²) in [6, 6.07) is 17.2. The van der Waals surface area contributed by atoms with Gasteiger partial charge in [-0.15, -0.1) is 16.9 Å². The Morgan fingerprint density at radius 3 is 2.64 bits per heavy atom. The van der Waals surface area contributed by atoms with Crippen LogP contribution in [0.2, 0.25) is 5.02 Å². The Morgan fingerprint density at radius 1 is 1.12 bits per heavy atom. The minimum atomic E-state index is -0.0495. The fourth-order valence-electron chi connectivity index (χ4n) is 2.16. The average molecular weight is 374 g/mol. The lowest BCUT2D eigenvalue weighted by Gasteiger charge is -2.06. The molecule has 0 aliphatic rings. The molecule has 25 heavy (non-hydrogen) atoms. The van der Waals surface area contributed by atoms with E-state index in [0.717, 1.165) is 11.4 Å². The minimum absolute atomic E-state index is 0.0495. The van der Waals surface area contributed by atoms with Crippen molar-refractivity contribution < 1.29 is 4.79 Å². The van der Waals surface area contributed by atoms with Gasteiger partial charge in [0, 0.05) is 10.8 Å². The van der Waals surface area contributed by atoms with Gasteiger partial charge in [-0.1, -0.05) is 41.9 Å². The molecule has 0 atom stereocenters. The van der Waals surface area contributed by atoms with Crippen LogP contribution < -0.4 is 5.32 Å². The quantitative estimate of drug-likeness (QED) is 0.689. The van der Waals surface area contributed by atoms with Crippen molar-refractivity contribution in [3.8, 4) is 5.69 Å². The zero-order valence-corrected chi connectivity index (χ0v) is 14.9. The molecule has 0 saturated heterocycles. The van der Waals surface area contributed by atoms with E-state index < -0.39 is 0 Å². The summed E-state index contributed by atoms with van der Waals surface area (Å²) < 4.78 is 1.58. The van der Waals surface area contributed by atoms with Crippen molar-refractivity contribution in [2.75, 3.05) is 5.75 Å². The average Bonchev–Trinajstić information content (AvgIpc) is 3.10. The van der Waals surface area contributed by atoms with E-state index in [1.165, 1.54) is 5.56 Å². The van der Waals surface area contributed by atoms with Crippen molar-refractivity contribution in [3.05, 3.63) is 71.0 Å². The van der Waals surface area contributed by atoms with Gasteiger partial charge < -0.3 is 5.32 Å². The maximum atomic E-state index is 12.0. The smallest absolute Gasteiger partial charge is 0.230 e. The summed E-state index contributed by atoms with van der Waals surface area (Å²) in [4.78, 5) is 12.0. The number of benzene rings is 2. The highest BCUT2D eigenvalue weighted by molar-refractivity contribution is 7.99. The van der Waals surface area contributed by atoms with Crippen molar-refractivity contribution in [2.24, 2.45) is 0 Å². The van der Waals surface area contributed by atoms with E-state index in [1.54, 1.807) is 28.6 Å². The van der Waals surface area contributed by atoms with E-state index in [-0.39, 0.29) is 12.5 Å². The van der Waals surface area contributed by atoms with Gasteiger partial charge in [-0.25, -0.2) is 0 Å². The molecule has 1 N–H and O–H groups in total. The lowest BCUT2D eigenvalue weighted by atomic mass is 10.2. The van der Waals surface area contributed by atoms with Crippen molar-refractivity contribution in [1.82, 2.24) is 25.5 Å². The van der Waals surface area contributed by atoms with E-state index >= 15 is 0 Å². The van der Waals surface area contributed by atoms with Crippen molar-refractivity contribution in [2.45, 2.75) is 12.3 Å². The number of nitrogens with one attached hydrogen (secondary N) is 1. The molecule has 0 aliphatic carbocycles. The Hall–Kier alpha value is -2.38. The van der Waals surface area contributed by atoms with Crippen molar-refractivity contribution in [3.63, 3.8) is 0 Å². The molecule has 0 unspecified atom stereocenters. The Bertz CT molecular complexity index is 823. The van der Waals surface area contributed by atoms with Crippen LogP contribution in [0.15, 0.2) is 54.6 Å². The van der Waals surface area contributed by atoms with Gasteiger partial charge in [-0.05, 0) is 40.3 Å². The number of nitrogens with zero attached hydrogens (tertiary/aromatic N) is 4. The Morgan fingerprint density at radius 2 is 1.88 bits per heavy atom. The van der Waals surface area contributed by atoms with Gasteiger partial charge in [0.05, 0.1) is 18.0 Å². The number of amides is 1. The van der Waals surface area contributed by atoms with Crippen LogP contribution in [0.4, 0.5) is 0 Å². The molecule has 128 valence electrons. The molecule has 1 aromatic heterocycles. The summed E-state index contributed by atoms with van der Waals surface area (Å²) in [5, 5.41) is 15.1. The highest BCUT2D eigenvalue weighted by atomic mass is 35.5. The van der Waals surface area contributed by atoms with Crippen LogP contribution in [0.3, 0.4) is 0 Å². The molecule has 3 rings (SSSR count). The maximum absolute atomic E-state index is 12.0. The first kappa shape index (κ1) is 17.4. The third kappa shape index (κ3) is 5.04. The molecule has 0 fully saturated rings. The number of tetrazole rings is 1. The van der Waals surface area contributed by atoms with Crippen LogP contribution in [-0.2, 0) is 17.1 Å². The molecule has 0 saturated carbocycles. The molecule has 1 heterocycles. The second kappa shape index (κ2) is 8.64. The Labute approximate surface area is 154 Å². The number of aromatic nitrogens is 4. The summed E-state index contributed by atoms with van der Waals surface area (Å²) in [7, 11) is 0. The molecule has 0 bridgehead atoms. The molecule has 0 aliphatic heterocycles. The second-order valence-corrected chi connectivity index (χ2v) is 6.66. The summed E-state index contributed by atoms with van der Waals surface area (Å²) >= 11 is 7.46. The second-order valence-electron chi connectivity index (χ2n) is 5.24. The molecular weight excluding hydrogens is 358 g/mol. The number of rotatable bonds is 7. The van der Waals surface area contributed by atoms with E-state index in [9.17, 15) is 4.79 Å². The van der Waals surface area contributed by atoms with Gasteiger partial charge in [0.1, 0.15) is 0 Å². The molecule has 1 amide bonds. The number of carbonyl (C=O) groups excluding carboxylic acids is 1. The Kier molecular flexibility index (Phi) is 6.03. The molecule has 0 radical (unpaired) electrons. The molecule has 0 spiro atoms. The van der Waals surface area contributed by atoms with Gasteiger partial charge in [0.25, 0.3) is 0 Å². The predicted octanol–water partition coefficient (Wildman–Crippen LogP) is 2.87. The first-order chi connectivity index (χ1) is 12.2. The van der Waals surface area contributed by atoms with Crippen LogP contribution in [0.25, 0.3) is 5.69 Å². The van der Waals surface area contributed by atoms with E-state index in [0.29, 0.717) is 16.6 Å².